The van der Waals surface area contributed by atoms with E-state index in [9.17, 15) is 0 Å². The summed E-state index contributed by atoms with van der Waals surface area (Å²) >= 11 is 1.28. The summed E-state index contributed by atoms with van der Waals surface area (Å²) < 4.78 is 8.71. The molecule has 0 spiro atoms. The molecule has 1 unspecified atom stereocenters. The van der Waals surface area contributed by atoms with Crippen molar-refractivity contribution in [2.24, 2.45) is 0 Å². The van der Waals surface area contributed by atoms with Crippen LogP contribution in [-0.2, 0) is 0 Å². The molecule has 1 aliphatic rings. The molecule has 0 N–H and O–H groups in total. The molecular formula is C10H10N4S. The van der Waals surface area contributed by atoms with Gasteiger partial charge in [0.05, 0.1) is 29.7 Å². The average Bonchev–Trinajstić information content (AvgIpc) is 2.75. The second kappa shape index (κ2) is 3.00. The van der Waals surface area contributed by atoms with E-state index >= 15 is 0 Å². The van der Waals surface area contributed by atoms with Gasteiger partial charge in [-0.3, -0.25) is 4.98 Å². The summed E-state index contributed by atoms with van der Waals surface area (Å²) in [6, 6.07) is 2.27. The lowest BCUT2D eigenvalue weighted by Crippen LogP contribution is -2.26. The fourth-order valence-corrected chi connectivity index (χ4v) is 2.56. The van der Waals surface area contributed by atoms with Crippen LogP contribution >= 0.6 is 11.7 Å². The number of nitrogens with zero attached hydrogens (tertiary/aromatic N) is 4. The van der Waals surface area contributed by atoms with E-state index in [2.05, 4.69) is 32.6 Å². The van der Waals surface area contributed by atoms with Gasteiger partial charge in [-0.15, -0.1) is 0 Å². The van der Waals surface area contributed by atoms with Gasteiger partial charge in [-0.1, -0.05) is 0 Å². The lowest BCUT2D eigenvalue weighted by atomic mass is 10.00. The van der Waals surface area contributed by atoms with Gasteiger partial charge in [0, 0.05) is 18.8 Å². The van der Waals surface area contributed by atoms with Crippen LogP contribution in [0.25, 0.3) is 11.3 Å². The summed E-state index contributed by atoms with van der Waals surface area (Å²) in [5.41, 5.74) is 4.35. The van der Waals surface area contributed by atoms with Gasteiger partial charge in [-0.2, -0.15) is 8.75 Å². The molecule has 3 rings (SSSR count). The quantitative estimate of drug-likeness (QED) is 0.679. The van der Waals surface area contributed by atoms with E-state index in [0.717, 1.165) is 22.6 Å². The Morgan fingerprint density at radius 2 is 2.27 bits per heavy atom. The number of hydrogen-bond donors (Lipinski definition) is 0. The fourth-order valence-electron chi connectivity index (χ4n) is 1.92. The Kier molecular flexibility index (Phi) is 1.76. The SMILES string of the molecule is CC1c2nsnc2-c2ccncc2N1C. The highest BCUT2D eigenvalue weighted by Crippen LogP contribution is 2.41. The maximum atomic E-state index is 4.36. The van der Waals surface area contributed by atoms with Gasteiger partial charge in [-0.25, -0.2) is 0 Å². The maximum Gasteiger partial charge on any atom is 0.112 e. The first-order valence-corrected chi connectivity index (χ1v) is 5.51. The highest BCUT2D eigenvalue weighted by Gasteiger charge is 2.28. The summed E-state index contributed by atoms with van der Waals surface area (Å²) in [6.07, 6.45) is 3.68. The second-order valence-corrected chi connectivity index (χ2v) is 4.21. The number of hydrogen-bond acceptors (Lipinski definition) is 5. The molecule has 0 aromatic carbocycles. The Hall–Kier alpha value is -1.49. The molecule has 4 nitrogen and oxygen atoms in total. The fraction of sp³-hybridized carbons (Fsp3) is 0.300. The zero-order chi connectivity index (χ0) is 10.4. The van der Waals surface area contributed by atoms with Crippen molar-refractivity contribution in [3.05, 3.63) is 24.2 Å². The molecule has 1 atom stereocenters. The molecule has 1 aliphatic heterocycles. The van der Waals surface area contributed by atoms with Gasteiger partial charge in [0.25, 0.3) is 0 Å². The van der Waals surface area contributed by atoms with Crippen molar-refractivity contribution in [3.8, 4) is 11.3 Å². The van der Waals surface area contributed by atoms with Crippen LogP contribution in [-0.4, -0.2) is 20.8 Å². The normalized spacial score (nSPS) is 18.5. The van der Waals surface area contributed by atoms with Crippen molar-refractivity contribution in [1.29, 1.82) is 0 Å². The van der Waals surface area contributed by atoms with E-state index in [1.807, 2.05) is 12.3 Å². The number of aromatic nitrogens is 3. The van der Waals surface area contributed by atoms with Crippen LogP contribution in [0, 0.1) is 0 Å². The van der Waals surface area contributed by atoms with Gasteiger partial charge >= 0.3 is 0 Å². The molecule has 3 heterocycles. The highest BCUT2D eigenvalue weighted by molar-refractivity contribution is 6.99. The van der Waals surface area contributed by atoms with Gasteiger partial charge in [-0.05, 0) is 13.0 Å². The number of pyridine rings is 1. The Morgan fingerprint density at radius 3 is 3.13 bits per heavy atom. The summed E-state index contributed by atoms with van der Waals surface area (Å²) in [5.74, 6) is 0. The molecule has 0 fully saturated rings. The van der Waals surface area contributed by atoms with E-state index in [-0.39, 0.29) is 6.04 Å². The first-order chi connectivity index (χ1) is 7.29. The van der Waals surface area contributed by atoms with E-state index in [1.54, 1.807) is 6.20 Å². The largest absolute Gasteiger partial charge is 0.364 e. The summed E-state index contributed by atoms with van der Waals surface area (Å²) in [7, 11) is 2.06. The van der Waals surface area contributed by atoms with Gasteiger partial charge in [0.1, 0.15) is 11.4 Å². The van der Waals surface area contributed by atoms with Crippen LogP contribution in [0.15, 0.2) is 18.5 Å². The molecular weight excluding hydrogens is 208 g/mol. The predicted octanol–water partition coefficient (Wildman–Crippen LogP) is 2.11. The first-order valence-electron chi connectivity index (χ1n) is 4.78. The molecule has 15 heavy (non-hydrogen) atoms. The molecule has 0 radical (unpaired) electrons. The van der Waals surface area contributed by atoms with Crippen LogP contribution in [0.1, 0.15) is 18.7 Å². The van der Waals surface area contributed by atoms with E-state index in [1.165, 1.54) is 11.7 Å². The van der Waals surface area contributed by atoms with E-state index in [4.69, 9.17) is 0 Å². The van der Waals surface area contributed by atoms with Crippen LogP contribution in [0.5, 0.6) is 0 Å². The summed E-state index contributed by atoms with van der Waals surface area (Å²) in [5, 5.41) is 0. The van der Waals surface area contributed by atoms with Crippen molar-refractivity contribution in [3.63, 3.8) is 0 Å². The van der Waals surface area contributed by atoms with Gasteiger partial charge in [0.15, 0.2) is 0 Å². The lowest BCUT2D eigenvalue weighted by molar-refractivity contribution is 0.713. The minimum atomic E-state index is 0.274. The van der Waals surface area contributed by atoms with Crippen molar-refractivity contribution >= 4 is 17.4 Å². The predicted molar refractivity (Wildman–Crippen MR) is 60.0 cm³/mol. The summed E-state index contributed by atoms with van der Waals surface area (Å²) in [4.78, 5) is 6.34. The van der Waals surface area contributed by atoms with Crippen molar-refractivity contribution < 1.29 is 0 Å². The maximum absolute atomic E-state index is 4.36. The Morgan fingerprint density at radius 1 is 1.40 bits per heavy atom. The molecule has 5 heteroatoms. The number of fused-ring (bicyclic) bond motifs is 3. The third kappa shape index (κ3) is 1.10. The van der Waals surface area contributed by atoms with Crippen LogP contribution < -0.4 is 4.90 Å². The molecule has 0 saturated carbocycles. The first kappa shape index (κ1) is 8.79. The minimum Gasteiger partial charge on any atom is -0.364 e. The van der Waals surface area contributed by atoms with Crippen LogP contribution in [0.2, 0.25) is 0 Å². The lowest BCUT2D eigenvalue weighted by Gasteiger charge is -2.31. The molecule has 2 aromatic heterocycles. The Balaban J connectivity index is 2.32. The van der Waals surface area contributed by atoms with Gasteiger partial charge in [0.2, 0.25) is 0 Å². The highest BCUT2D eigenvalue weighted by atomic mass is 32.1. The molecule has 2 aromatic rings. The molecule has 76 valence electrons. The third-order valence-corrected chi connectivity index (χ3v) is 3.47. The monoisotopic (exact) mass is 218 g/mol. The number of anilines is 1. The van der Waals surface area contributed by atoms with Crippen LogP contribution in [0.3, 0.4) is 0 Å². The van der Waals surface area contributed by atoms with Crippen LogP contribution in [0.4, 0.5) is 5.69 Å². The molecule has 0 bridgehead atoms. The second-order valence-electron chi connectivity index (χ2n) is 3.68. The van der Waals surface area contributed by atoms with Crippen molar-refractivity contribution in [1.82, 2.24) is 13.7 Å². The zero-order valence-electron chi connectivity index (χ0n) is 8.51. The Bertz CT molecular complexity index is 508. The standard InChI is InChI=1S/C10H10N4S/c1-6-9-10(13-15-12-9)7-3-4-11-5-8(7)14(6)2/h3-6H,1-2H3. The molecule has 0 amide bonds. The zero-order valence-corrected chi connectivity index (χ0v) is 9.32. The van der Waals surface area contributed by atoms with E-state index < -0.39 is 0 Å². The third-order valence-electron chi connectivity index (χ3n) is 2.93. The topological polar surface area (TPSA) is 41.9 Å². The van der Waals surface area contributed by atoms with Gasteiger partial charge < -0.3 is 4.90 Å². The van der Waals surface area contributed by atoms with Crippen molar-refractivity contribution in [2.75, 3.05) is 11.9 Å². The minimum absolute atomic E-state index is 0.274. The number of rotatable bonds is 0. The Labute approximate surface area is 91.9 Å². The average molecular weight is 218 g/mol. The van der Waals surface area contributed by atoms with E-state index in [0.29, 0.717) is 0 Å². The van der Waals surface area contributed by atoms with Crippen molar-refractivity contribution in [2.45, 2.75) is 13.0 Å². The molecule has 0 aliphatic carbocycles. The summed E-state index contributed by atoms with van der Waals surface area (Å²) in [6.45, 7) is 2.14. The molecule has 0 saturated heterocycles. The smallest absolute Gasteiger partial charge is 0.112 e.